The van der Waals surface area contributed by atoms with Gasteiger partial charge in [-0.1, -0.05) is 42.5 Å². The number of hydrogen-bond acceptors (Lipinski definition) is 2. The first kappa shape index (κ1) is 15.4. The first-order valence-electron chi connectivity index (χ1n) is 8.02. The Morgan fingerprint density at radius 2 is 1.39 bits per heavy atom. The molecule has 2 heteroatoms. The zero-order valence-corrected chi connectivity index (χ0v) is 13.6. The Bertz CT molecular complexity index is 733. The smallest absolute Gasteiger partial charge is 0.118 e. The molecule has 0 amide bonds. The summed E-state index contributed by atoms with van der Waals surface area (Å²) in [5, 5.41) is 19.7. The Morgan fingerprint density at radius 3 is 1.83 bits per heavy atom. The van der Waals surface area contributed by atoms with Crippen LogP contribution in [0.5, 0.6) is 11.5 Å². The molecule has 0 fully saturated rings. The zero-order chi connectivity index (χ0) is 16.4. The molecule has 2 aromatic carbocycles. The number of hydrogen-bond donors (Lipinski definition) is 2. The zero-order valence-electron chi connectivity index (χ0n) is 13.6. The fourth-order valence-electron chi connectivity index (χ4n) is 3.14. The number of phenolic OH excluding ortho intramolecular Hbond substituents is 2. The van der Waals surface area contributed by atoms with Gasteiger partial charge in [0.2, 0.25) is 0 Å². The lowest BCUT2D eigenvalue weighted by Crippen LogP contribution is -2.06. The minimum absolute atomic E-state index is 0.116. The van der Waals surface area contributed by atoms with Crippen molar-refractivity contribution in [2.75, 3.05) is 0 Å². The molecular formula is C21H22O2. The summed E-state index contributed by atoms with van der Waals surface area (Å²) in [6, 6.07) is 11.6. The molecule has 23 heavy (non-hydrogen) atoms. The van der Waals surface area contributed by atoms with Crippen LogP contribution in [0.1, 0.15) is 41.0 Å². The van der Waals surface area contributed by atoms with Crippen molar-refractivity contribution in [1.29, 1.82) is 0 Å². The van der Waals surface area contributed by atoms with Crippen LogP contribution in [-0.4, -0.2) is 10.2 Å². The van der Waals surface area contributed by atoms with Gasteiger partial charge in [0.1, 0.15) is 11.5 Å². The molecule has 0 atom stereocenters. The van der Waals surface area contributed by atoms with E-state index < -0.39 is 0 Å². The monoisotopic (exact) mass is 306 g/mol. The maximum Gasteiger partial charge on any atom is 0.118 e. The SMILES string of the molecule is Cc1cc(C(C2=CCCC=C2)c2ccc(O)c(C)c2)ccc1O. The second-order valence-corrected chi connectivity index (χ2v) is 6.21. The first-order chi connectivity index (χ1) is 11.1. The van der Waals surface area contributed by atoms with Crippen molar-refractivity contribution in [3.63, 3.8) is 0 Å². The van der Waals surface area contributed by atoms with Crippen LogP contribution in [0.15, 0.2) is 60.2 Å². The summed E-state index contributed by atoms with van der Waals surface area (Å²) >= 11 is 0. The topological polar surface area (TPSA) is 40.5 Å². The van der Waals surface area contributed by atoms with E-state index in [-0.39, 0.29) is 5.92 Å². The van der Waals surface area contributed by atoms with E-state index in [1.54, 1.807) is 12.1 Å². The van der Waals surface area contributed by atoms with E-state index in [0.29, 0.717) is 11.5 Å². The van der Waals surface area contributed by atoms with Gasteiger partial charge in [-0.2, -0.15) is 0 Å². The van der Waals surface area contributed by atoms with Crippen molar-refractivity contribution in [2.24, 2.45) is 0 Å². The van der Waals surface area contributed by atoms with E-state index in [2.05, 4.69) is 18.2 Å². The minimum Gasteiger partial charge on any atom is -0.508 e. The van der Waals surface area contributed by atoms with Crippen molar-refractivity contribution in [3.05, 3.63) is 82.5 Å². The maximum absolute atomic E-state index is 9.83. The second kappa shape index (κ2) is 6.33. The van der Waals surface area contributed by atoms with Gasteiger partial charge in [0.25, 0.3) is 0 Å². The summed E-state index contributed by atoms with van der Waals surface area (Å²) in [5.74, 6) is 0.759. The molecule has 2 nitrogen and oxygen atoms in total. The standard InChI is InChI=1S/C21H22O2/c1-14-12-17(8-10-19(14)22)21(16-6-4-3-5-7-16)18-9-11-20(23)15(2)13-18/h4,6-13,21-23H,3,5H2,1-2H3. The first-order valence-corrected chi connectivity index (χ1v) is 8.02. The lowest BCUT2D eigenvalue weighted by atomic mass is 9.81. The van der Waals surface area contributed by atoms with Crippen molar-refractivity contribution in [1.82, 2.24) is 0 Å². The Morgan fingerprint density at radius 1 is 0.826 bits per heavy atom. The molecule has 2 aromatic rings. The number of aromatic hydroxyl groups is 2. The van der Waals surface area contributed by atoms with E-state index >= 15 is 0 Å². The van der Waals surface area contributed by atoms with Gasteiger partial charge in [-0.25, -0.2) is 0 Å². The predicted octanol–water partition coefficient (Wildman–Crippen LogP) is 5.12. The molecule has 0 bridgehead atoms. The third kappa shape index (κ3) is 3.16. The maximum atomic E-state index is 9.83. The molecular weight excluding hydrogens is 284 g/mol. The third-order valence-corrected chi connectivity index (χ3v) is 4.47. The van der Waals surface area contributed by atoms with Crippen LogP contribution in [0.4, 0.5) is 0 Å². The molecule has 118 valence electrons. The summed E-state index contributed by atoms with van der Waals surface area (Å²) < 4.78 is 0. The lowest BCUT2D eigenvalue weighted by Gasteiger charge is -2.23. The number of rotatable bonds is 3. The Balaban J connectivity index is 2.13. The molecule has 0 radical (unpaired) electrons. The Kier molecular flexibility index (Phi) is 4.24. The molecule has 1 aliphatic carbocycles. The van der Waals surface area contributed by atoms with Crippen LogP contribution in [0, 0.1) is 13.8 Å². The highest BCUT2D eigenvalue weighted by Crippen LogP contribution is 2.37. The number of aryl methyl sites for hydroxylation is 2. The van der Waals surface area contributed by atoms with Crippen LogP contribution in [0.3, 0.4) is 0 Å². The molecule has 1 aliphatic rings. The van der Waals surface area contributed by atoms with Gasteiger partial charge in [-0.05, 0) is 66.6 Å². The van der Waals surface area contributed by atoms with E-state index in [9.17, 15) is 10.2 Å². The number of benzene rings is 2. The fourth-order valence-corrected chi connectivity index (χ4v) is 3.14. The number of allylic oxidation sites excluding steroid dienone is 4. The summed E-state index contributed by atoms with van der Waals surface area (Å²) in [5.41, 5.74) is 5.34. The molecule has 2 N–H and O–H groups in total. The van der Waals surface area contributed by atoms with Gasteiger partial charge < -0.3 is 10.2 Å². The fraction of sp³-hybridized carbons (Fsp3) is 0.238. The van der Waals surface area contributed by atoms with Gasteiger partial charge in [0.05, 0.1) is 0 Å². The van der Waals surface area contributed by atoms with Crippen LogP contribution < -0.4 is 0 Å². The van der Waals surface area contributed by atoms with Crippen LogP contribution in [0.2, 0.25) is 0 Å². The molecule has 0 saturated carbocycles. The van der Waals surface area contributed by atoms with Crippen molar-refractivity contribution in [3.8, 4) is 11.5 Å². The highest BCUT2D eigenvalue weighted by Gasteiger charge is 2.20. The molecule has 0 spiro atoms. The second-order valence-electron chi connectivity index (χ2n) is 6.21. The molecule has 0 aliphatic heterocycles. The summed E-state index contributed by atoms with van der Waals surface area (Å²) in [4.78, 5) is 0. The highest BCUT2D eigenvalue weighted by molar-refractivity contribution is 5.50. The summed E-state index contributed by atoms with van der Waals surface area (Å²) in [6.07, 6.45) is 8.83. The van der Waals surface area contributed by atoms with Gasteiger partial charge in [0, 0.05) is 5.92 Å². The van der Waals surface area contributed by atoms with Crippen molar-refractivity contribution in [2.45, 2.75) is 32.6 Å². The highest BCUT2D eigenvalue weighted by atomic mass is 16.3. The molecule has 0 aromatic heterocycles. The van der Waals surface area contributed by atoms with Gasteiger partial charge in [-0.3, -0.25) is 0 Å². The third-order valence-electron chi connectivity index (χ3n) is 4.47. The average molecular weight is 306 g/mol. The lowest BCUT2D eigenvalue weighted by molar-refractivity contribution is 0.470. The molecule has 0 unspecified atom stereocenters. The molecule has 0 saturated heterocycles. The van der Waals surface area contributed by atoms with Gasteiger partial charge in [-0.15, -0.1) is 0 Å². The largest absolute Gasteiger partial charge is 0.508 e. The predicted molar refractivity (Wildman–Crippen MR) is 94.0 cm³/mol. The van der Waals surface area contributed by atoms with E-state index in [0.717, 1.165) is 35.1 Å². The molecule has 0 heterocycles. The average Bonchev–Trinajstić information content (AvgIpc) is 2.55. The van der Waals surface area contributed by atoms with Crippen molar-refractivity contribution < 1.29 is 10.2 Å². The normalized spacial score (nSPS) is 14.1. The molecule has 3 rings (SSSR count). The van der Waals surface area contributed by atoms with Crippen LogP contribution in [-0.2, 0) is 0 Å². The summed E-state index contributed by atoms with van der Waals surface area (Å²) in [7, 11) is 0. The van der Waals surface area contributed by atoms with Crippen LogP contribution in [0.25, 0.3) is 0 Å². The summed E-state index contributed by atoms with van der Waals surface area (Å²) in [6.45, 7) is 3.84. The van der Waals surface area contributed by atoms with Gasteiger partial charge in [0.15, 0.2) is 0 Å². The quantitative estimate of drug-likeness (QED) is 0.826. The van der Waals surface area contributed by atoms with Crippen LogP contribution >= 0.6 is 0 Å². The Hall–Kier alpha value is -2.48. The minimum atomic E-state index is 0.116. The van der Waals surface area contributed by atoms with E-state index in [1.807, 2.05) is 38.1 Å². The van der Waals surface area contributed by atoms with Crippen molar-refractivity contribution >= 4 is 0 Å². The van der Waals surface area contributed by atoms with E-state index in [1.165, 1.54) is 5.57 Å². The van der Waals surface area contributed by atoms with Gasteiger partial charge >= 0.3 is 0 Å². The Labute approximate surface area is 137 Å². The number of phenols is 2. The van der Waals surface area contributed by atoms with E-state index in [4.69, 9.17) is 0 Å².